The van der Waals surface area contributed by atoms with Crippen LogP contribution in [0.25, 0.3) is 0 Å². The lowest BCUT2D eigenvalue weighted by Gasteiger charge is -2.21. The largest absolute Gasteiger partial charge is 0.497 e. The third-order valence-electron chi connectivity index (χ3n) is 2.91. The number of rotatable bonds is 4. The van der Waals surface area contributed by atoms with Gasteiger partial charge in [-0.2, -0.15) is 0 Å². The molecule has 19 heavy (non-hydrogen) atoms. The fourth-order valence-electron chi connectivity index (χ4n) is 1.87. The second-order valence-corrected chi connectivity index (χ2v) is 4.25. The van der Waals surface area contributed by atoms with Crippen LogP contribution in [0.15, 0.2) is 36.7 Å². The fourth-order valence-corrected chi connectivity index (χ4v) is 1.87. The molecular formula is C14H16FN3O. The van der Waals surface area contributed by atoms with Gasteiger partial charge in [-0.3, -0.25) is 4.98 Å². The van der Waals surface area contributed by atoms with Crippen molar-refractivity contribution in [1.82, 2.24) is 4.98 Å². The molecule has 2 aromatic rings. The van der Waals surface area contributed by atoms with Gasteiger partial charge in [0.2, 0.25) is 0 Å². The molecule has 0 aliphatic carbocycles. The highest BCUT2D eigenvalue weighted by atomic mass is 19.1. The van der Waals surface area contributed by atoms with E-state index in [1.165, 1.54) is 13.2 Å². The van der Waals surface area contributed by atoms with Crippen LogP contribution in [0.4, 0.5) is 15.8 Å². The van der Waals surface area contributed by atoms with Crippen LogP contribution in [0.2, 0.25) is 0 Å². The lowest BCUT2D eigenvalue weighted by molar-refractivity contribution is 0.410. The van der Waals surface area contributed by atoms with Gasteiger partial charge in [0.25, 0.3) is 0 Å². The Morgan fingerprint density at radius 3 is 2.79 bits per heavy atom. The molecule has 0 unspecified atom stereocenters. The Bertz CT molecular complexity index is 574. The maximum atomic E-state index is 13.9. The topological polar surface area (TPSA) is 51.4 Å². The van der Waals surface area contributed by atoms with Crippen molar-refractivity contribution in [2.45, 2.75) is 6.54 Å². The van der Waals surface area contributed by atoms with Crippen LogP contribution in [0.1, 0.15) is 5.56 Å². The molecule has 5 heteroatoms. The molecule has 4 nitrogen and oxygen atoms in total. The van der Waals surface area contributed by atoms with Gasteiger partial charge < -0.3 is 15.4 Å². The quantitative estimate of drug-likeness (QED) is 0.918. The number of nitrogens with zero attached hydrogens (tertiary/aromatic N) is 2. The zero-order valence-corrected chi connectivity index (χ0v) is 10.9. The minimum Gasteiger partial charge on any atom is -0.497 e. The maximum Gasteiger partial charge on any atom is 0.131 e. The second-order valence-electron chi connectivity index (χ2n) is 4.25. The van der Waals surface area contributed by atoms with E-state index in [2.05, 4.69) is 4.98 Å². The Labute approximate surface area is 111 Å². The first-order valence-corrected chi connectivity index (χ1v) is 5.85. The highest BCUT2D eigenvalue weighted by molar-refractivity contribution is 5.65. The molecule has 2 rings (SSSR count). The van der Waals surface area contributed by atoms with E-state index in [0.29, 0.717) is 23.5 Å². The molecule has 100 valence electrons. The van der Waals surface area contributed by atoms with Gasteiger partial charge in [0.05, 0.1) is 24.7 Å². The first-order chi connectivity index (χ1) is 9.11. The van der Waals surface area contributed by atoms with Crippen molar-refractivity contribution in [2.75, 3.05) is 24.8 Å². The highest BCUT2D eigenvalue weighted by Crippen LogP contribution is 2.23. The smallest absolute Gasteiger partial charge is 0.131 e. The number of nitrogen functional groups attached to an aromatic ring is 1. The van der Waals surface area contributed by atoms with Gasteiger partial charge in [0, 0.05) is 31.4 Å². The van der Waals surface area contributed by atoms with Gasteiger partial charge >= 0.3 is 0 Å². The van der Waals surface area contributed by atoms with Crippen molar-refractivity contribution in [3.05, 3.63) is 48.0 Å². The number of nitrogens with two attached hydrogens (primary N) is 1. The van der Waals surface area contributed by atoms with E-state index >= 15 is 0 Å². The summed E-state index contributed by atoms with van der Waals surface area (Å²) in [6.07, 6.45) is 3.24. The molecule has 0 aliphatic rings. The van der Waals surface area contributed by atoms with Crippen LogP contribution in [-0.4, -0.2) is 19.1 Å². The van der Waals surface area contributed by atoms with Gasteiger partial charge in [-0.1, -0.05) is 6.07 Å². The van der Waals surface area contributed by atoms with Crippen molar-refractivity contribution in [3.63, 3.8) is 0 Å². The molecule has 1 aromatic heterocycles. The van der Waals surface area contributed by atoms with Crippen molar-refractivity contribution in [2.24, 2.45) is 0 Å². The molecular weight excluding hydrogens is 245 g/mol. The summed E-state index contributed by atoms with van der Waals surface area (Å²) in [6, 6.07) is 6.63. The summed E-state index contributed by atoms with van der Waals surface area (Å²) in [5.74, 6) is 0.214. The summed E-state index contributed by atoms with van der Waals surface area (Å²) in [6.45, 7) is 0.421. The minimum atomic E-state index is -0.293. The third-order valence-corrected chi connectivity index (χ3v) is 2.91. The molecule has 0 atom stereocenters. The number of halogens is 1. The molecule has 1 heterocycles. The van der Waals surface area contributed by atoms with E-state index in [9.17, 15) is 4.39 Å². The van der Waals surface area contributed by atoms with Crippen molar-refractivity contribution in [3.8, 4) is 5.75 Å². The van der Waals surface area contributed by atoms with Crippen LogP contribution in [0.5, 0.6) is 5.75 Å². The summed E-state index contributed by atoms with van der Waals surface area (Å²) in [7, 11) is 3.37. The van der Waals surface area contributed by atoms with E-state index < -0.39 is 0 Å². The standard InChI is InChI=1S/C14H16FN3O/c1-18(14-5-6-17-8-13(14)16)9-10-3-4-11(19-2)7-12(10)15/h3-8H,9,16H2,1-2H3. The number of aromatic nitrogens is 1. The van der Waals surface area contributed by atoms with Crippen LogP contribution in [0.3, 0.4) is 0 Å². The Balaban J connectivity index is 2.19. The third kappa shape index (κ3) is 2.93. The summed E-state index contributed by atoms with van der Waals surface area (Å²) in [5.41, 5.74) is 7.82. The van der Waals surface area contributed by atoms with E-state index in [0.717, 1.165) is 5.69 Å². The van der Waals surface area contributed by atoms with E-state index in [-0.39, 0.29) is 5.82 Å². The summed E-state index contributed by atoms with van der Waals surface area (Å²) in [4.78, 5) is 5.81. The first kappa shape index (κ1) is 13.1. The van der Waals surface area contributed by atoms with Crippen molar-refractivity contribution >= 4 is 11.4 Å². The molecule has 0 amide bonds. The second kappa shape index (κ2) is 5.56. The highest BCUT2D eigenvalue weighted by Gasteiger charge is 2.09. The number of methoxy groups -OCH3 is 1. The average molecular weight is 261 g/mol. The number of ether oxygens (including phenoxy) is 1. The summed E-state index contributed by atoms with van der Waals surface area (Å²) in [5, 5.41) is 0. The lowest BCUT2D eigenvalue weighted by Crippen LogP contribution is -2.18. The number of hydrogen-bond acceptors (Lipinski definition) is 4. The van der Waals surface area contributed by atoms with Crippen LogP contribution in [0, 0.1) is 5.82 Å². The molecule has 1 aromatic carbocycles. The fraction of sp³-hybridized carbons (Fsp3) is 0.214. The van der Waals surface area contributed by atoms with E-state index in [1.54, 1.807) is 30.6 Å². The van der Waals surface area contributed by atoms with Crippen LogP contribution >= 0.6 is 0 Å². The first-order valence-electron chi connectivity index (χ1n) is 5.85. The van der Waals surface area contributed by atoms with Crippen LogP contribution in [-0.2, 0) is 6.54 Å². The zero-order valence-electron chi connectivity index (χ0n) is 10.9. The molecule has 0 saturated heterocycles. The summed E-state index contributed by atoms with van der Waals surface area (Å²) < 4.78 is 18.8. The number of anilines is 2. The SMILES string of the molecule is COc1ccc(CN(C)c2ccncc2N)c(F)c1. The van der Waals surface area contributed by atoms with Gasteiger partial charge in [0.15, 0.2) is 0 Å². The number of pyridine rings is 1. The van der Waals surface area contributed by atoms with Gasteiger partial charge in [-0.25, -0.2) is 4.39 Å². The van der Waals surface area contributed by atoms with E-state index in [1.807, 2.05) is 11.9 Å². The normalized spacial score (nSPS) is 10.3. The number of hydrogen-bond donors (Lipinski definition) is 1. The number of benzene rings is 1. The Hall–Kier alpha value is -2.30. The van der Waals surface area contributed by atoms with Gasteiger partial charge in [0.1, 0.15) is 11.6 Å². The molecule has 2 N–H and O–H groups in total. The van der Waals surface area contributed by atoms with Crippen molar-refractivity contribution < 1.29 is 9.13 Å². The Kier molecular flexibility index (Phi) is 3.85. The van der Waals surface area contributed by atoms with Crippen LogP contribution < -0.4 is 15.4 Å². The predicted octanol–water partition coefficient (Wildman–Crippen LogP) is 2.45. The average Bonchev–Trinajstić information content (AvgIpc) is 2.41. The maximum absolute atomic E-state index is 13.9. The molecule has 0 saturated carbocycles. The summed E-state index contributed by atoms with van der Waals surface area (Å²) >= 11 is 0. The Morgan fingerprint density at radius 1 is 1.37 bits per heavy atom. The van der Waals surface area contributed by atoms with Crippen molar-refractivity contribution in [1.29, 1.82) is 0 Å². The molecule has 0 spiro atoms. The van der Waals surface area contributed by atoms with Gasteiger partial charge in [-0.05, 0) is 12.1 Å². The minimum absolute atomic E-state index is 0.293. The molecule has 0 radical (unpaired) electrons. The predicted molar refractivity (Wildman–Crippen MR) is 73.7 cm³/mol. The zero-order chi connectivity index (χ0) is 13.8. The molecule has 0 bridgehead atoms. The van der Waals surface area contributed by atoms with E-state index in [4.69, 9.17) is 10.5 Å². The molecule has 0 aliphatic heterocycles. The molecule has 0 fully saturated rings. The van der Waals surface area contributed by atoms with Gasteiger partial charge in [-0.15, -0.1) is 0 Å². The monoisotopic (exact) mass is 261 g/mol. The lowest BCUT2D eigenvalue weighted by atomic mass is 10.2. The Morgan fingerprint density at radius 2 is 2.16 bits per heavy atom.